The summed E-state index contributed by atoms with van der Waals surface area (Å²) in [5.41, 5.74) is 3.68. The van der Waals surface area contributed by atoms with Crippen molar-refractivity contribution in [2.24, 2.45) is 0 Å². The van der Waals surface area contributed by atoms with Crippen molar-refractivity contribution in [3.8, 4) is 23.0 Å². The standard InChI is InChI=1S/C20H25NO4/c1-12-15-11-20(25-5)19(24-4)10-14(15)8-16(21-12)13-6-7-17(22-2)18(9-13)23-3/h6-7,9-12,16,21H,8H2,1-5H3/t12-,16-/m0/s1. The number of nitrogens with one attached hydrogen (secondary N) is 1. The molecule has 5 nitrogen and oxygen atoms in total. The van der Waals surface area contributed by atoms with Gasteiger partial charge >= 0.3 is 0 Å². The zero-order valence-corrected chi connectivity index (χ0v) is 15.4. The first kappa shape index (κ1) is 17.4. The molecule has 0 saturated heterocycles. The van der Waals surface area contributed by atoms with E-state index in [4.69, 9.17) is 18.9 Å². The zero-order valence-electron chi connectivity index (χ0n) is 15.4. The third-order valence-corrected chi connectivity index (χ3v) is 4.80. The predicted molar refractivity (Wildman–Crippen MR) is 97.1 cm³/mol. The number of hydrogen-bond acceptors (Lipinski definition) is 5. The third kappa shape index (κ3) is 3.24. The molecule has 134 valence electrons. The summed E-state index contributed by atoms with van der Waals surface area (Å²) in [7, 11) is 6.64. The van der Waals surface area contributed by atoms with Crippen LogP contribution in [0.4, 0.5) is 0 Å². The van der Waals surface area contributed by atoms with Gasteiger partial charge in [-0.25, -0.2) is 0 Å². The quantitative estimate of drug-likeness (QED) is 0.898. The third-order valence-electron chi connectivity index (χ3n) is 4.80. The van der Waals surface area contributed by atoms with E-state index in [1.54, 1.807) is 28.4 Å². The van der Waals surface area contributed by atoms with Gasteiger partial charge in [-0.3, -0.25) is 0 Å². The molecule has 1 heterocycles. The summed E-state index contributed by atoms with van der Waals surface area (Å²) < 4.78 is 21.7. The fourth-order valence-corrected chi connectivity index (χ4v) is 3.47. The van der Waals surface area contributed by atoms with Crippen LogP contribution in [0.15, 0.2) is 30.3 Å². The maximum atomic E-state index is 5.46. The molecule has 2 atom stereocenters. The van der Waals surface area contributed by atoms with Crippen LogP contribution >= 0.6 is 0 Å². The molecule has 1 aliphatic heterocycles. The average Bonchev–Trinajstić information content (AvgIpc) is 2.66. The molecular weight excluding hydrogens is 318 g/mol. The Morgan fingerprint density at radius 1 is 0.800 bits per heavy atom. The molecule has 1 N–H and O–H groups in total. The Balaban J connectivity index is 1.95. The lowest BCUT2D eigenvalue weighted by molar-refractivity contribution is 0.348. The molecule has 25 heavy (non-hydrogen) atoms. The highest BCUT2D eigenvalue weighted by atomic mass is 16.5. The van der Waals surface area contributed by atoms with E-state index in [9.17, 15) is 0 Å². The van der Waals surface area contributed by atoms with Gasteiger partial charge in [-0.2, -0.15) is 0 Å². The minimum atomic E-state index is 0.195. The van der Waals surface area contributed by atoms with Crippen molar-refractivity contribution in [3.63, 3.8) is 0 Å². The van der Waals surface area contributed by atoms with Gasteiger partial charge in [-0.05, 0) is 54.3 Å². The molecular formula is C20H25NO4. The molecule has 5 heteroatoms. The predicted octanol–water partition coefficient (Wildman–Crippen LogP) is 3.67. The molecule has 1 aliphatic rings. The molecule has 0 saturated carbocycles. The normalized spacial score (nSPS) is 19.1. The van der Waals surface area contributed by atoms with Gasteiger partial charge in [0.1, 0.15) is 0 Å². The number of benzene rings is 2. The Morgan fingerprint density at radius 3 is 2.04 bits per heavy atom. The maximum absolute atomic E-state index is 5.46. The second-order valence-corrected chi connectivity index (χ2v) is 6.17. The van der Waals surface area contributed by atoms with Crippen molar-refractivity contribution < 1.29 is 18.9 Å². The Labute approximate surface area is 148 Å². The van der Waals surface area contributed by atoms with Gasteiger partial charge in [0.15, 0.2) is 23.0 Å². The van der Waals surface area contributed by atoms with Crippen LogP contribution in [0.25, 0.3) is 0 Å². The van der Waals surface area contributed by atoms with E-state index < -0.39 is 0 Å². The molecule has 2 aromatic carbocycles. The van der Waals surface area contributed by atoms with Crippen LogP contribution in [-0.4, -0.2) is 28.4 Å². The molecule has 0 fully saturated rings. The lowest BCUT2D eigenvalue weighted by Crippen LogP contribution is -2.32. The summed E-state index contributed by atoms with van der Waals surface area (Å²) in [5.74, 6) is 3.01. The Morgan fingerprint density at radius 2 is 1.40 bits per heavy atom. The van der Waals surface area contributed by atoms with Gasteiger partial charge in [0, 0.05) is 12.1 Å². The van der Waals surface area contributed by atoms with Crippen molar-refractivity contribution in [1.29, 1.82) is 0 Å². The minimum absolute atomic E-state index is 0.195. The lowest BCUT2D eigenvalue weighted by Gasteiger charge is -2.32. The maximum Gasteiger partial charge on any atom is 0.161 e. The summed E-state index contributed by atoms with van der Waals surface area (Å²) in [4.78, 5) is 0. The van der Waals surface area contributed by atoms with Crippen molar-refractivity contribution >= 4 is 0 Å². The van der Waals surface area contributed by atoms with Crippen LogP contribution in [0.2, 0.25) is 0 Å². The number of hydrogen-bond donors (Lipinski definition) is 1. The van der Waals surface area contributed by atoms with Gasteiger partial charge in [0.2, 0.25) is 0 Å². The first-order valence-corrected chi connectivity index (χ1v) is 8.34. The SMILES string of the molecule is COc1ccc([C@@H]2Cc3cc(OC)c(OC)cc3[C@H](C)N2)cc1OC. The largest absolute Gasteiger partial charge is 0.493 e. The summed E-state index contributed by atoms with van der Waals surface area (Å²) in [5, 5.41) is 3.67. The van der Waals surface area contributed by atoms with Crippen molar-refractivity contribution in [1.82, 2.24) is 5.32 Å². The van der Waals surface area contributed by atoms with Crippen LogP contribution in [0, 0.1) is 0 Å². The average molecular weight is 343 g/mol. The minimum Gasteiger partial charge on any atom is -0.493 e. The van der Waals surface area contributed by atoms with Crippen LogP contribution in [-0.2, 0) is 6.42 Å². The second kappa shape index (κ2) is 7.23. The molecule has 3 rings (SSSR count). The molecule has 0 radical (unpaired) electrons. The molecule has 0 spiro atoms. The second-order valence-electron chi connectivity index (χ2n) is 6.17. The van der Waals surface area contributed by atoms with E-state index in [2.05, 4.69) is 30.4 Å². The van der Waals surface area contributed by atoms with Crippen LogP contribution < -0.4 is 24.3 Å². The van der Waals surface area contributed by atoms with E-state index in [1.807, 2.05) is 12.1 Å². The Kier molecular flexibility index (Phi) is 5.04. The van der Waals surface area contributed by atoms with E-state index in [-0.39, 0.29) is 12.1 Å². The van der Waals surface area contributed by atoms with Crippen molar-refractivity contribution in [2.45, 2.75) is 25.4 Å². The Hall–Kier alpha value is -2.40. The van der Waals surface area contributed by atoms with Crippen molar-refractivity contribution in [2.75, 3.05) is 28.4 Å². The highest BCUT2D eigenvalue weighted by Gasteiger charge is 2.27. The van der Waals surface area contributed by atoms with Crippen LogP contribution in [0.1, 0.15) is 35.7 Å². The fraction of sp³-hybridized carbons (Fsp3) is 0.400. The first-order chi connectivity index (χ1) is 12.1. The zero-order chi connectivity index (χ0) is 18.0. The van der Waals surface area contributed by atoms with Crippen LogP contribution in [0.3, 0.4) is 0 Å². The highest BCUT2D eigenvalue weighted by molar-refractivity contribution is 5.51. The van der Waals surface area contributed by atoms with E-state index in [1.165, 1.54) is 16.7 Å². The molecule has 0 aliphatic carbocycles. The number of methoxy groups -OCH3 is 4. The number of fused-ring (bicyclic) bond motifs is 1. The van der Waals surface area contributed by atoms with Gasteiger partial charge in [0.05, 0.1) is 28.4 Å². The van der Waals surface area contributed by atoms with Crippen LogP contribution in [0.5, 0.6) is 23.0 Å². The molecule has 0 amide bonds. The van der Waals surface area contributed by atoms with Gasteiger partial charge in [-0.15, -0.1) is 0 Å². The molecule has 0 bridgehead atoms. The molecule has 2 aromatic rings. The monoisotopic (exact) mass is 343 g/mol. The highest BCUT2D eigenvalue weighted by Crippen LogP contribution is 2.40. The summed E-state index contributed by atoms with van der Waals surface area (Å²) >= 11 is 0. The lowest BCUT2D eigenvalue weighted by atomic mass is 9.87. The fourth-order valence-electron chi connectivity index (χ4n) is 3.47. The number of rotatable bonds is 5. The summed E-state index contributed by atoms with van der Waals surface area (Å²) in [6.45, 7) is 2.16. The van der Waals surface area contributed by atoms with Gasteiger partial charge in [-0.1, -0.05) is 6.07 Å². The molecule has 0 unspecified atom stereocenters. The van der Waals surface area contributed by atoms with Gasteiger partial charge in [0.25, 0.3) is 0 Å². The van der Waals surface area contributed by atoms with E-state index in [0.717, 1.165) is 29.4 Å². The van der Waals surface area contributed by atoms with Gasteiger partial charge < -0.3 is 24.3 Å². The smallest absolute Gasteiger partial charge is 0.161 e. The van der Waals surface area contributed by atoms with E-state index >= 15 is 0 Å². The van der Waals surface area contributed by atoms with E-state index in [0.29, 0.717) is 0 Å². The number of ether oxygens (including phenoxy) is 4. The topological polar surface area (TPSA) is 49.0 Å². The first-order valence-electron chi connectivity index (χ1n) is 8.34. The molecule has 0 aromatic heterocycles. The summed E-state index contributed by atoms with van der Waals surface area (Å²) in [6, 6.07) is 10.6. The Bertz CT molecular complexity index is 760. The van der Waals surface area contributed by atoms with Crippen molar-refractivity contribution in [3.05, 3.63) is 47.0 Å². The summed E-state index contributed by atoms with van der Waals surface area (Å²) in [6.07, 6.45) is 0.871.